The molecule has 1 unspecified atom stereocenters. The van der Waals surface area contributed by atoms with Crippen molar-refractivity contribution in [3.8, 4) is 18.2 Å². The molecule has 0 bridgehead atoms. The number of hydrogen-bond donors (Lipinski definition) is 2. The van der Waals surface area contributed by atoms with Crippen LogP contribution < -0.4 is 14.7 Å². The summed E-state index contributed by atoms with van der Waals surface area (Å²) in [5.41, 5.74) is 3.10. The largest absolute Gasteiger partial charge is 0.461 e. The molecule has 3 aromatic carbocycles. The van der Waals surface area contributed by atoms with E-state index in [1.165, 1.54) is 0 Å². The molecule has 1 aliphatic rings. The van der Waals surface area contributed by atoms with Crippen LogP contribution in [-0.2, 0) is 33.3 Å². The van der Waals surface area contributed by atoms with Gasteiger partial charge < -0.3 is 43.9 Å². The van der Waals surface area contributed by atoms with Gasteiger partial charge in [0.15, 0.2) is 16.7 Å². The van der Waals surface area contributed by atoms with Gasteiger partial charge >= 0.3 is 17.9 Å². The number of ether oxygens (including phenoxy) is 4. The molecule has 16 nitrogen and oxygen atoms in total. The summed E-state index contributed by atoms with van der Waals surface area (Å²) in [6.07, 6.45) is 0.330. The Morgan fingerprint density at radius 1 is 0.567 bits per heavy atom. The van der Waals surface area contributed by atoms with E-state index in [-0.39, 0.29) is 83.8 Å². The average molecular weight is 977 g/mol. The third-order valence-electron chi connectivity index (χ3n) is 10.4. The first kappa shape index (κ1) is 53.5. The van der Waals surface area contributed by atoms with Crippen LogP contribution in [0.1, 0.15) is 29.5 Å². The van der Waals surface area contributed by atoms with Crippen LogP contribution in [0.5, 0.6) is 0 Å². The number of aliphatic hydroxyl groups is 2. The number of hydrogen-bond acceptors (Lipinski definition) is 16. The summed E-state index contributed by atoms with van der Waals surface area (Å²) in [6.45, 7) is 4.01. The van der Waals surface area contributed by atoms with Gasteiger partial charge in [-0.2, -0.15) is 15.8 Å². The highest BCUT2D eigenvalue weighted by atomic mass is 35.5. The number of aliphatic hydroxyl groups excluding tert-OH is 2. The molecular weight excluding hydrogens is 925 g/mol. The molecule has 1 saturated heterocycles. The molecule has 67 heavy (non-hydrogen) atoms. The average Bonchev–Trinajstić information content (AvgIpc) is 4.18. The van der Waals surface area contributed by atoms with Crippen LogP contribution in [0.15, 0.2) is 89.5 Å². The van der Waals surface area contributed by atoms with Gasteiger partial charge in [-0.1, -0.05) is 71.2 Å². The molecule has 4 rings (SSSR count). The van der Waals surface area contributed by atoms with Crippen LogP contribution in [0.3, 0.4) is 0 Å². The van der Waals surface area contributed by atoms with Crippen molar-refractivity contribution in [2.24, 2.45) is 0 Å². The van der Waals surface area contributed by atoms with Gasteiger partial charge in [-0.3, -0.25) is 4.90 Å². The van der Waals surface area contributed by atoms with Crippen LogP contribution in [0.25, 0.3) is 15.1 Å². The molecule has 0 aliphatic carbocycles. The van der Waals surface area contributed by atoms with Crippen LogP contribution >= 0.6 is 34.8 Å². The van der Waals surface area contributed by atoms with Gasteiger partial charge in [0.1, 0.15) is 30.9 Å². The lowest BCUT2D eigenvalue weighted by Gasteiger charge is -2.31. The Hall–Kier alpha value is -6.13. The van der Waals surface area contributed by atoms with E-state index in [4.69, 9.17) is 64.0 Å². The fourth-order valence-electron chi connectivity index (χ4n) is 6.18. The number of carbonyl (C=O) groups excluding carboxylic acids is 3. The molecule has 0 saturated carbocycles. The number of anilines is 3. The molecule has 1 atom stereocenters. The predicted octanol–water partition coefficient (Wildman–Crippen LogP) is 5.91. The highest BCUT2D eigenvalue weighted by Crippen LogP contribution is 2.29. The van der Waals surface area contributed by atoms with Crippen molar-refractivity contribution < 1.29 is 43.5 Å². The van der Waals surface area contributed by atoms with Crippen LogP contribution in [0, 0.1) is 34.0 Å². The maximum absolute atomic E-state index is 12.5. The SMILES string of the molecule is CN(CCN(CCN(C)c1ccc(/C(Cl)=C(\C#N)C(=O)OCCCO)cc1)CCN(C)c1ccc(/C(Cl)=C(\C#N)C(=O)OCC2CO2)cc1)c1ccc(/C(Cl)=C(\C#N)C(=O)OCCCO)cc1. The zero-order chi connectivity index (χ0) is 48.9. The lowest BCUT2D eigenvalue weighted by Crippen LogP contribution is -2.41. The molecule has 3 aromatic rings. The Morgan fingerprint density at radius 3 is 1.13 bits per heavy atom. The standard InChI is InChI=1S/C48H52Cl3N7O9/c1-55(36-12-6-33(7-13-36)43(49)40(28-52)46(61)64-26-4-24-59)18-21-58(22-19-56(2)37-14-8-34(9-15-37)44(50)41(29-53)47(62)65-27-5-25-60)23-20-57(3)38-16-10-35(11-17-38)45(51)42(30-54)48(63)67-32-39-31-66-39/h6-17,39,59-60H,4-5,18-27,31-32H2,1-3H3/b43-40-,44-41-,45-42-. The molecule has 1 aliphatic heterocycles. The van der Waals surface area contributed by atoms with Crippen LogP contribution in [-0.4, -0.2) is 139 Å². The van der Waals surface area contributed by atoms with Crippen LogP contribution in [0.2, 0.25) is 0 Å². The normalized spacial score (nSPS) is 14.0. The van der Waals surface area contributed by atoms with E-state index in [9.17, 15) is 30.2 Å². The fourth-order valence-corrected chi connectivity index (χ4v) is 6.91. The number of nitriles is 3. The fraction of sp³-hybridized carbons (Fsp3) is 0.375. The minimum absolute atomic E-state index is 0.00918. The highest BCUT2D eigenvalue weighted by Gasteiger charge is 2.26. The molecule has 1 heterocycles. The quantitative estimate of drug-likeness (QED) is 0.0239. The number of epoxide rings is 1. The van der Waals surface area contributed by atoms with Gasteiger partial charge in [-0.25, -0.2) is 14.4 Å². The Kier molecular flexibility index (Phi) is 21.9. The monoisotopic (exact) mass is 975 g/mol. The van der Waals surface area contributed by atoms with Gasteiger partial charge in [-0.15, -0.1) is 0 Å². The molecule has 0 aromatic heterocycles. The van der Waals surface area contributed by atoms with Crippen molar-refractivity contribution >= 4 is 84.9 Å². The third-order valence-corrected chi connectivity index (χ3v) is 11.6. The Bertz CT molecular complexity index is 2280. The Morgan fingerprint density at radius 2 is 0.866 bits per heavy atom. The van der Waals surface area contributed by atoms with Gasteiger partial charge in [0.05, 0.1) is 34.9 Å². The smallest absolute Gasteiger partial charge is 0.350 e. The number of halogens is 3. The van der Waals surface area contributed by atoms with Gasteiger partial charge in [0.2, 0.25) is 0 Å². The first-order valence-electron chi connectivity index (χ1n) is 21.2. The van der Waals surface area contributed by atoms with Crippen molar-refractivity contribution in [2.75, 3.05) is 115 Å². The molecule has 354 valence electrons. The summed E-state index contributed by atoms with van der Waals surface area (Å²) in [4.78, 5) is 45.9. The topological polar surface area (TPSA) is 216 Å². The number of nitrogens with zero attached hydrogens (tertiary/aromatic N) is 7. The minimum atomic E-state index is -0.862. The first-order chi connectivity index (χ1) is 32.3. The van der Waals surface area contributed by atoms with E-state index >= 15 is 0 Å². The first-order valence-corrected chi connectivity index (χ1v) is 22.3. The van der Waals surface area contributed by atoms with E-state index in [0.717, 1.165) is 17.1 Å². The second-order valence-corrected chi connectivity index (χ2v) is 16.3. The van der Waals surface area contributed by atoms with Gasteiger partial charge in [-0.05, 0) is 53.1 Å². The second-order valence-electron chi connectivity index (χ2n) is 15.1. The maximum Gasteiger partial charge on any atom is 0.350 e. The van der Waals surface area contributed by atoms with E-state index in [0.29, 0.717) is 62.6 Å². The zero-order valence-electron chi connectivity index (χ0n) is 37.4. The van der Waals surface area contributed by atoms with E-state index in [1.54, 1.807) is 36.4 Å². The summed E-state index contributed by atoms with van der Waals surface area (Å²) >= 11 is 19.4. The third kappa shape index (κ3) is 16.3. The number of carbonyl (C=O) groups is 3. The Labute approximate surface area is 405 Å². The molecule has 0 amide bonds. The molecular formula is C48H52Cl3N7O9. The number of benzene rings is 3. The zero-order valence-corrected chi connectivity index (χ0v) is 39.7. The summed E-state index contributed by atoms with van der Waals surface area (Å²) in [7, 11) is 5.87. The van der Waals surface area contributed by atoms with Crippen molar-refractivity contribution in [3.63, 3.8) is 0 Å². The van der Waals surface area contributed by atoms with Gasteiger partial charge in [0.25, 0.3) is 0 Å². The summed E-state index contributed by atoms with van der Waals surface area (Å²) in [5, 5.41) is 46.7. The van der Waals surface area contributed by atoms with Crippen molar-refractivity contribution in [1.82, 2.24) is 4.90 Å². The van der Waals surface area contributed by atoms with Crippen LogP contribution in [0.4, 0.5) is 17.1 Å². The molecule has 2 N–H and O–H groups in total. The Balaban J connectivity index is 1.47. The predicted molar refractivity (Wildman–Crippen MR) is 257 cm³/mol. The van der Waals surface area contributed by atoms with Crippen molar-refractivity contribution in [2.45, 2.75) is 18.9 Å². The molecule has 0 spiro atoms. The lowest BCUT2D eigenvalue weighted by molar-refractivity contribution is -0.139. The minimum Gasteiger partial charge on any atom is -0.461 e. The summed E-state index contributed by atoms with van der Waals surface area (Å²) in [6, 6.07) is 27.0. The number of likely N-dealkylation sites (N-methyl/N-ethyl adjacent to an activating group) is 3. The van der Waals surface area contributed by atoms with Gasteiger partial charge in [0, 0.05) is 104 Å². The second kappa shape index (κ2) is 27.5. The molecule has 19 heteroatoms. The summed E-state index contributed by atoms with van der Waals surface area (Å²) < 4.78 is 20.3. The lowest BCUT2D eigenvalue weighted by atomic mass is 10.1. The van der Waals surface area contributed by atoms with E-state index in [1.807, 2.05) is 75.7 Å². The van der Waals surface area contributed by atoms with Crippen molar-refractivity contribution in [3.05, 3.63) is 106 Å². The highest BCUT2D eigenvalue weighted by molar-refractivity contribution is 6.52. The van der Waals surface area contributed by atoms with E-state index < -0.39 is 17.9 Å². The molecule has 0 radical (unpaired) electrons. The molecule has 1 fully saturated rings. The summed E-state index contributed by atoms with van der Waals surface area (Å²) in [5.74, 6) is -2.53. The van der Waals surface area contributed by atoms with Crippen molar-refractivity contribution in [1.29, 1.82) is 15.8 Å². The number of esters is 3. The number of rotatable bonds is 26. The van der Waals surface area contributed by atoms with E-state index in [2.05, 4.69) is 19.6 Å². The maximum atomic E-state index is 12.5.